The van der Waals surface area contributed by atoms with Gasteiger partial charge in [-0.2, -0.15) is 0 Å². The van der Waals surface area contributed by atoms with Crippen LogP contribution in [-0.2, 0) is 16.1 Å². The summed E-state index contributed by atoms with van der Waals surface area (Å²) in [5, 5.41) is 3.62. The summed E-state index contributed by atoms with van der Waals surface area (Å²) in [6.45, 7) is 2.44. The third kappa shape index (κ3) is 5.08. The third-order valence-corrected chi connectivity index (χ3v) is 5.04. The predicted molar refractivity (Wildman–Crippen MR) is 106 cm³/mol. The second kappa shape index (κ2) is 9.02. The average Bonchev–Trinajstić information content (AvgIpc) is 2.70. The first-order valence-electron chi connectivity index (χ1n) is 9.02. The molecule has 1 fully saturated rings. The highest BCUT2D eigenvalue weighted by molar-refractivity contribution is 6.30. The molecule has 0 radical (unpaired) electrons. The number of benzene rings is 2. The first kappa shape index (κ1) is 19.4. The molecule has 5 nitrogen and oxygen atoms in total. The lowest BCUT2D eigenvalue weighted by Crippen LogP contribution is -2.40. The largest absolute Gasteiger partial charge is 0.465 e. The number of nitrogens with one attached hydrogen (secondary N) is 1. The van der Waals surface area contributed by atoms with Crippen molar-refractivity contribution in [2.45, 2.75) is 19.4 Å². The maximum Gasteiger partial charge on any atom is 0.339 e. The Balaban J connectivity index is 1.63. The van der Waals surface area contributed by atoms with E-state index in [1.165, 1.54) is 12.7 Å². The molecule has 1 heterocycles. The molecule has 2 aromatic carbocycles. The molecule has 1 amide bonds. The molecule has 6 heteroatoms. The lowest BCUT2D eigenvalue weighted by molar-refractivity contribution is -0.121. The van der Waals surface area contributed by atoms with Crippen LogP contribution in [0.4, 0.5) is 5.69 Å². The number of likely N-dealkylation sites (tertiary alicyclic amines) is 1. The zero-order chi connectivity index (χ0) is 19.2. The van der Waals surface area contributed by atoms with Crippen molar-refractivity contribution in [2.75, 3.05) is 25.5 Å². The Morgan fingerprint density at radius 3 is 2.67 bits per heavy atom. The highest BCUT2D eigenvalue weighted by Gasteiger charge is 2.26. The molecule has 142 valence electrons. The fourth-order valence-electron chi connectivity index (χ4n) is 3.38. The van der Waals surface area contributed by atoms with Crippen LogP contribution in [0.2, 0.25) is 5.02 Å². The molecule has 27 heavy (non-hydrogen) atoms. The number of nitrogens with zero attached hydrogens (tertiary/aromatic N) is 1. The van der Waals surface area contributed by atoms with E-state index in [4.69, 9.17) is 16.3 Å². The maximum atomic E-state index is 12.8. The number of hydrogen-bond donors (Lipinski definition) is 1. The van der Waals surface area contributed by atoms with Crippen molar-refractivity contribution < 1.29 is 14.3 Å². The number of methoxy groups -OCH3 is 1. The van der Waals surface area contributed by atoms with Crippen molar-refractivity contribution in [3.05, 3.63) is 64.7 Å². The number of para-hydroxylation sites is 1. The number of halogens is 1. The van der Waals surface area contributed by atoms with E-state index in [1.807, 2.05) is 24.3 Å². The van der Waals surface area contributed by atoms with Gasteiger partial charge < -0.3 is 10.1 Å². The van der Waals surface area contributed by atoms with Crippen LogP contribution in [0, 0.1) is 5.92 Å². The summed E-state index contributed by atoms with van der Waals surface area (Å²) < 4.78 is 4.79. The summed E-state index contributed by atoms with van der Waals surface area (Å²) in [5.41, 5.74) is 2.03. The smallest absolute Gasteiger partial charge is 0.339 e. The van der Waals surface area contributed by atoms with E-state index < -0.39 is 5.97 Å². The second-order valence-electron chi connectivity index (χ2n) is 6.73. The van der Waals surface area contributed by atoms with E-state index in [0.717, 1.165) is 31.0 Å². The van der Waals surface area contributed by atoms with Gasteiger partial charge in [-0.15, -0.1) is 0 Å². The van der Waals surface area contributed by atoms with Crippen LogP contribution >= 0.6 is 11.6 Å². The van der Waals surface area contributed by atoms with Crippen molar-refractivity contribution in [3.8, 4) is 0 Å². The molecule has 0 aromatic heterocycles. The van der Waals surface area contributed by atoms with Crippen LogP contribution in [-0.4, -0.2) is 37.0 Å². The van der Waals surface area contributed by atoms with Gasteiger partial charge in [-0.1, -0.05) is 35.9 Å². The van der Waals surface area contributed by atoms with Crippen molar-refractivity contribution in [1.82, 2.24) is 4.90 Å². The monoisotopic (exact) mass is 386 g/mol. The molecule has 1 aliphatic rings. The Kier molecular flexibility index (Phi) is 6.48. The van der Waals surface area contributed by atoms with Crippen LogP contribution in [0.25, 0.3) is 0 Å². The molecule has 0 unspecified atom stereocenters. The van der Waals surface area contributed by atoms with Gasteiger partial charge >= 0.3 is 5.97 Å². The highest BCUT2D eigenvalue weighted by Crippen LogP contribution is 2.23. The Hall–Kier alpha value is -2.37. The number of esters is 1. The van der Waals surface area contributed by atoms with E-state index in [0.29, 0.717) is 17.8 Å². The van der Waals surface area contributed by atoms with Gasteiger partial charge in [0, 0.05) is 18.1 Å². The number of carbonyl (C=O) groups excluding carboxylic acids is 2. The van der Waals surface area contributed by atoms with Crippen LogP contribution < -0.4 is 5.32 Å². The van der Waals surface area contributed by atoms with Gasteiger partial charge in [-0.05, 0) is 49.2 Å². The van der Waals surface area contributed by atoms with Gasteiger partial charge in [0.1, 0.15) is 0 Å². The second-order valence-corrected chi connectivity index (χ2v) is 7.16. The fourth-order valence-corrected chi connectivity index (χ4v) is 3.50. The molecule has 1 saturated heterocycles. The van der Waals surface area contributed by atoms with Crippen molar-refractivity contribution in [2.24, 2.45) is 5.92 Å². The van der Waals surface area contributed by atoms with E-state index >= 15 is 0 Å². The number of piperidine rings is 1. The predicted octanol–water partition coefficient (Wildman–Crippen LogP) is 3.98. The SMILES string of the molecule is COC(=O)c1ccccc1NC(=O)[C@@H]1CCCN(Cc2ccc(Cl)cc2)C1. The molecule has 0 bridgehead atoms. The molecule has 0 spiro atoms. The van der Waals surface area contributed by atoms with Gasteiger partial charge in [0.05, 0.1) is 24.3 Å². The van der Waals surface area contributed by atoms with Crippen molar-refractivity contribution >= 4 is 29.2 Å². The number of amides is 1. The molecule has 0 saturated carbocycles. The van der Waals surface area contributed by atoms with E-state index in [-0.39, 0.29) is 11.8 Å². The zero-order valence-corrected chi connectivity index (χ0v) is 16.0. The average molecular weight is 387 g/mol. The number of ether oxygens (including phenoxy) is 1. The number of rotatable bonds is 5. The summed E-state index contributed by atoms with van der Waals surface area (Å²) in [7, 11) is 1.33. The summed E-state index contributed by atoms with van der Waals surface area (Å²) in [6, 6.07) is 14.7. The molecular formula is C21H23ClN2O3. The van der Waals surface area contributed by atoms with Crippen molar-refractivity contribution in [1.29, 1.82) is 0 Å². The fraction of sp³-hybridized carbons (Fsp3) is 0.333. The molecule has 3 rings (SSSR count). The van der Waals surface area contributed by atoms with E-state index in [1.54, 1.807) is 24.3 Å². The van der Waals surface area contributed by atoms with Crippen molar-refractivity contribution in [3.63, 3.8) is 0 Å². The lowest BCUT2D eigenvalue weighted by Gasteiger charge is -2.32. The summed E-state index contributed by atoms with van der Waals surface area (Å²) in [5.74, 6) is -0.636. The lowest BCUT2D eigenvalue weighted by atomic mass is 9.96. The summed E-state index contributed by atoms with van der Waals surface area (Å²) in [4.78, 5) is 26.9. The summed E-state index contributed by atoms with van der Waals surface area (Å²) >= 11 is 5.94. The van der Waals surface area contributed by atoms with E-state index in [9.17, 15) is 9.59 Å². The standard InChI is InChI=1S/C21H23ClN2O3/c1-27-21(26)18-6-2-3-7-19(18)23-20(25)16-5-4-12-24(14-16)13-15-8-10-17(22)11-9-15/h2-3,6-11,16H,4-5,12-14H2,1H3,(H,23,25)/t16-/m1/s1. The minimum atomic E-state index is -0.459. The van der Waals surface area contributed by atoms with Crippen LogP contribution in [0.15, 0.2) is 48.5 Å². The summed E-state index contributed by atoms with van der Waals surface area (Å²) in [6.07, 6.45) is 1.80. The Labute approximate surface area is 164 Å². The number of carbonyl (C=O) groups is 2. The molecule has 1 aliphatic heterocycles. The minimum Gasteiger partial charge on any atom is -0.465 e. The van der Waals surface area contributed by atoms with Gasteiger partial charge in [0.25, 0.3) is 0 Å². The third-order valence-electron chi connectivity index (χ3n) is 4.79. The number of anilines is 1. The van der Waals surface area contributed by atoms with Gasteiger partial charge in [-0.25, -0.2) is 4.79 Å². The Bertz CT molecular complexity index is 807. The number of hydrogen-bond acceptors (Lipinski definition) is 4. The molecular weight excluding hydrogens is 364 g/mol. The Morgan fingerprint density at radius 2 is 1.93 bits per heavy atom. The first-order chi connectivity index (χ1) is 13.1. The Morgan fingerprint density at radius 1 is 1.19 bits per heavy atom. The maximum absolute atomic E-state index is 12.8. The van der Waals surface area contributed by atoms with Gasteiger partial charge in [0.2, 0.25) is 5.91 Å². The topological polar surface area (TPSA) is 58.6 Å². The molecule has 2 aromatic rings. The molecule has 1 N–H and O–H groups in total. The van der Waals surface area contributed by atoms with Crippen LogP contribution in [0.5, 0.6) is 0 Å². The van der Waals surface area contributed by atoms with Gasteiger partial charge in [0.15, 0.2) is 0 Å². The van der Waals surface area contributed by atoms with Crippen LogP contribution in [0.1, 0.15) is 28.8 Å². The van der Waals surface area contributed by atoms with Crippen LogP contribution in [0.3, 0.4) is 0 Å². The molecule has 0 aliphatic carbocycles. The highest BCUT2D eigenvalue weighted by atomic mass is 35.5. The van der Waals surface area contributed by atoms with E-state index in [2.05, 4.69) is 10.2 Å². The minimum absolute atomic E-state index is 0.0628. The zero-order valence-electron chi connectivity index (χ0n) is 15.3. The first-order valence-corrected chi connectivity index (χ1v) is 9.39. The van der Waals surface area contributed by atoms with Gasteiger partial charge in [-0.3, -0.25) is 9.69 Å². The quantitative estimate of drug-likeness (QED) is 0.790. The molecule has 1 atom stereocenters. The normalized spacial score (nSPS) is 17.3.